The maximum Gasteiger partial charge on any atom is 0.179 e. The lowest BCUT2D eigenvalue weighted by molar-refractivity contribution is 0.211. The Labute approximate surface area is 132 Å². The molecular formula is C16H13ClFNO3. The molecule has 0 aliphatic heterocycles. The van der Waals surface area contributed by atoms with Crippen LogP contribution in [-0.4, -0.2) is 20.3 Å². The monoisotopic (exact) mass is 321 g/mol. The van der Waals surface area contributed by atoms with Crippen LogP contribution in [-0.2, 0) is 0 Å². The predicted molar refractivity (Wildman–Crippen MR) is 80.1 cm³/mol. The highest BCUT2D eigenvalue weighted by atomic mass is 35.5. The Kier molecular flexibility index (Phi) is 5.45. The van der Waals surface area contributed by atoms with E-state index in [1.165, 1.54) is 37.4 Å². The number of methoxy groups -OCH3 is 1. The zero-order valence-electron chi connectivity index (χ0n) is 11.8. The summed E-state index contributed by atoms with van der Waals surface area (Å²) in [5, 5.41) is 9.17. The highest BCUT2D eigenvalue weighted by Gasteiger charge is 2.12. The van der Waals surface area contributed by atoms with Gasteiger partial charge in [0.05, 0.1) is 23.8 Å². The van der Waals surface area contributed by atoms with Crippen LogP contribution in [0.25, 0.3) is 0 Å². The van der Waals surface area contributed by atoms with E-state index in [0.29, 0.717) is 22.8 Å². The Morgan fingerprint density at radius 2 is 1.82 bits per heavy atom. The topological polar surface area (TPSA) is 51.5 Å². The minimum Gasteiger partial charge on any atom is -0.493 e. The Morgan fingerprint density at radius 3 is 2.45 bits per heavy atom. The Bertz CT molecular complexity index is 683. The number of hydrogen-bond donors (Lipinski definition) is 0. The number of rotatable bonds is 6. The van der Waals surface area contributed by atoms with Gasteiger partial charge in [-0.3, -0.25) is 0 Å². The molecule has 0 radical (unpaired) electrons. The molecule has 0 aliphatic rings. The van der Waals surface area contributed by atoms with E-state index < -0.39 is 0 Å². The molecule has 6 heteroatoms. The number of nitrogens with zero attached hydrogens (tertiary/aromatic N) is 1. The van der Waals surface area contributed by atoms with Crippen LogP contribution < -0.4 is 14.2 Å². The third-order valence-corrected chi connectivity index (χ3v) is 3.05. The first-order chi connectivity index (χ1) is 10.6. The lowest BCUT2D eigenvalue weighted by Gasteiger charge is -2.13. The van der Waals surface area contributed by atoms with Crippen LogP contribution in [0.1, 0.15) is 5.56 Å². The summed E-state index contributed by atoms with van der Waals surface area (Å²) in [6.07, 6.45) is 0. The first kappa shape index (κ1) is 15.9. The Morgan fingerprint density at radius 1 is 1.14 bits per heavy atom. The zero-order chi connectivity index (χ0) is 15.9. The molecule has 2 aromatic rings. The lowest BCUT2D eigenvalue weighted by Crippen LogP contribution is -2.10. The molecule has 0 saturated heterocycles. The van der Waals surface area contributed by atoms with Crippen molar-refractivity contribution in [3.8, 4) is 23.3 Å². The van der Waals surface area contributed by atoms with Gasteiger partial charge in [-0.15, -0.1) is 0 Å². The molecule has 0 amide bonds. The number of ether oxygens (including phenoxy) is 3. The minimum atomic E-state index is -0.322. The van der Waals surface area contributed by atoms with E-state index in [4.69, 9.17) is 31.1 Å². The quantitative estimate of drug-likeness (QED) is 0.759. The lowest BCUT2D eigenvalue weighted by atomic mass is 10.2. The summed E-state index contributed by atoms with van der Waals surface area (Å²) in [5.74, 6) is 0.956. The second-order valence-electron chi connectivity index (χ2n) is 4.25. The van der Waals surface area contributed by atoms with Crippen molar-refractivity contribution in [2.45, 2.75) is 0 Å². The fraction of sp³-hybridized carbons (Fsp3) is 0.188. The predicted octanol–water partition coefficient (Wildman–Crippen LogP) is 3.82. The van der Waals surface area contributed by atoms with Gasteiger partial charge in [-0.05, 0) is 30.3 Å². The largest absolute Gasteiger partial charge is 0.493 e. The van der Waals surface area contributed by atoms with Crippen molar-refractivity contribution < 1.29 is 18.6 Å². The van der Waals surface area contributed by atoms with E-state index in [1.54, 1.807) is 6.07 Å². The molecule has 0 fully saturated rings. The van der Waals surface area contributed by atoms with Crippen LogP contribution in [0.2, 0.25) is 5.02 Å². The van der Waals surface area contributed by atoms with Crippen molar-refractivity contribution in [3.05, 3.63) is 52.8 Å². The molecule has 0 bridgehead atoms. The third kappa shape index (κ3) is 4.03. The molecule has 114 valence electrons. The molecule has 0 unspecified atom stereocenters. The zero-order valence-corrected chi connectivity index (χ0v) is 12.6. The Hall–Kier alpha value is -2.45. The molecule has 0 heterocycles. The maximum atomic E-state index is 12.8. The van der Waals surface area contributed by atoms with Crippen molar-refractivity contribution in [3.63, 3.8) is 0 Å². The second kappa shape index (κ2) is 7.53. The smallest absolute Gasteiger partial charge is 0.179 e. The highest BCUT2D eigenvalue weighted by molar-refractivity contribution is 6.32. The van der Waals surface area contributed by atoms with E-state index >= 15 is 0 Å². The standard InChI is InChI=1S/C16H13ClFNO3/c1-20-15-9-11(10-19)8-14(17)16(15)22-7-6-21-13-4-2-12(18)3-5-13/h2-5,8-9H,6-7H2,1H3. The number of benzene rings is 2. The van der Waals surface area contributed by atoms with Crippen molar-refractivity contribution in [2.24, 2.45) is 0 Å². The summed E-state index contributed by atoms with van der Waals surface area (Å²) in [4.78, 5) is 0. The minimum absolute atomic E-state index is 0.222. The van der Waals surface area contributed by atoms with Gasteiger partial charge in [-0.2, -0.15) is 5.26 Å². The average Bonchev–Trinajstić information content (AvgIpc) is 2.53. The molecule has 0 saturated carbocycles. The maximum absolute atomic E-state index is 12.8. The number of halogens is 2. The molecule has 0 spiro atoms. The summed E-state index contributed by atoms with van der Waals surface area (Å²) in [6, 6.07) is 10.7. The molecular weight excluding hydrogens is 309 g/mol. The van der Waals surface area contributed by atoms with Crippen molar-refractivity contribution in [1.29, 1.82) is 5.26 Å². The highest BCUT2D eigenvalue weighted by Crippen LogP contribution is 2.36. The van der Waals surface area contributed by atoms with Gasteiger partial charge in [0.15, 0.2) is 11.5 Å². The van der Waals surface area contributed by atoms with E-state index in [0.717, 1.165) is 0 Å². The van der Waals surface area contributed by atoms with E-state index in [-0.39, 0.29) is 24.1 Å². The van der Waals surface area contributed by atoms with Crippen molar-refractivity contribution >= 4 is 11.6 Å². The molecule has 2 aromatic carbocycles. The Balaban J connectivity index is 1.94. The van der Waals surface area contributed by atoms with E-state index in [1.807, 2.05) is 6.07 Å². The summed E-state index contributed by atoms with van der Waals surface area (Å²) in [6.45, 7) is 0.477. The summed E-state index contributed by atoms with van der Waals surface area (Å²) in [5.41, 5.74) is 0.386. The van der Waals surface area contributed by atoms with Gasteiger partial charge in [0, 0.05) is 6.07 Å². The van der Waals surface area contributed by atoms with Crippen LogP contribution in [0, 0.1) is 17.1 Å². The van der Waals surface area contributed by atoms with Crippen molar-refractivity contribution in [1.82, 2.24) is 0 Å². The SMILES string of the molecule is COc1cc(C#N)cc(Cl)c1OCCOc1ccc(F)cc1. The van der Waals surface area contributed by atoms with Gasteiger partial charge in [-0.1, -0.05) is 11.6 Å². The van der Waals surface area contributed by atoms with Crippen LogP contribution in [0.15, 0.2) is 36.4 Å². The van der Waals surface area contributed by atoms with Crippen LogP contribution in [0.3, 0.4) is 0 Å². The molecule has 4 nitrogen and oxygen atoms in total. The average molecular weight is 322 g/mol. The van der Waals surface area contributed by atoms with Crippen LogP contribution >= 0.6 is 11.6 Å². The van der Waals surface area contributed by atoms with Crippen LogP contribution in [0.5, 0.6) is 17.2 Å². The van der Waals surface area contributed by atoms with Gasteiger partial charge >= 0.3 is 0 Å². The van der Waals surface area contributed by atoms with Gasteiger partial charge < -0.3 is 14.2 Å². The molecule has 0 aliphatic carbocycles. The van der Waals surface area contributed by atoms with Gasteiger partial charge in [0.25, 0.3) is 0 Å². The first-order valence-electron chi connectivity index (χ1n) is 6.43. The van der Waals surface area contributed by atoms with Crippen LogP contribution in [0.4, 0.5) is 4.39 Å². The molecule has 22 heavy (non-hydrogen) atoms. The fourth-order valence-corrected chi connectivity index (χ4v) is 2.02. The molecule has 0 N–H and O–H groups in total. The summed E-state index contributed by atoms with van der Waals surface area (Å²) in [7, 11) is 1.47. The van der Waals surface area contributed by atoms with E-state index in [2.05, 4.69) is 0 Å². The van der Waals surface area contributed by atoms with Gasteiger partial charge in [0.1, 0.15) is 24.8 Å². The summed E-state index contributed by atoms with van der Waals surface area (Å²) >= 11 is 6.07. The molecule has 0 atom stereocenters. The second-order valence-corrected chi connectivity index (χ2v) is 4.66. The summed E-state index contributed by atoms with van der Waals surface area (Å²) < 4.78 is 28.9. The first-order valence-corrected chi connectivity index (χ1v) is 6.80. The molecule has 2 rings (SSSR count). The van der Waals surface area contributed by atoms with E-state index in [9.17, 15) is 4.39 Å². The number of hydrogen-bond acceptors (Lipinski definition) is 4. The van der Waals surface area contributed by atoms with Gasteiger partial charge in [0.2, 0.25) is 0 Å². The van der Waals surface area contributed by atoms with Gasteiger partial charge in [-0.25, -0.2) is 4.39 Å². The normalized spacial score (nSPS) is 9.91. The van der Waals surface area contributed by atoms with Crippen molar-refractivity contribution in [2.75, 3.05) is 20.3 Å². The molecule has 0 aromatic heterocycles. The fourth-order valence-electron chi connectivity index (χ4n) is 1.76. The number of nitriles is 1. The third-order valence-electron chi connectivity index (χ3n) is 2.77.